The number of nitrogens with one attached hydrogen (secondary N) is 1. The third-order valence-electron chi connectivity index (χ3n) is 5.73. The van der Waals surface area contributed by atoms with Gasteiger partial charge in [0.15, 0.2) is 0 Å². The zero-order valence-electron chi connectivity index (χ0n) is 17.9. The fraction of sp³-hybridized carbons (Fsp3) is 0.240. The molecule has 2 amide bonds. The van der Waals surface area contributed by atoms with Crippen molar-refractivity contribution in [2.45, 2.75) is 12.6 Å². The number of pyridine rings is 1. The summed E-state index contributed by atoms with van der Waals surface area (Å²) in [6.07, 6.45) is 1.73. The second kappa shape index (κ2) is 10.1. The second-order valence-electron chi connectivity index (χ2n) is 7.79. The summed E-state index contributed by atoms with van der Waals surface area (Å²) in [7, 11) is 0. The molecule has 7 nitrogen and oxygen atoms in total. The van der Waals surface area contributed by atoms with Crippen molar-refractivity contribution >= 4 is 17.5 Å². The summed E-state index contributed by atoms with van der Waals surface area (Å²) in [5.74, 6) is -0.454. The first kappa shape index (κ1) is 21.5. The lowest BCUT2D eigenvalue weighted by Gasteiger charge is -2.39. The SMILES string of the molecule is NC(=O)c1ccc(N2CCN(C(C(=O)NCc3ccccn3)c3ccccc3)CC2)cc1. The number of benzene rings is 2. The molecule has 0 spiro atoms. The molecule has 32 heavy (non-hydrogen) atoms. The number of anilines is 1. The Hall–Kier alpha value is -3.71. The van der Waals surface area contributed by atoms with Crippen LogP contribution in [0, 0.1) is 0 Å². The maximum atomic E-state index is 13.2. The molecular weight excluding hydrogens is 402 g/mol. The number of hydrogen-bond donors (Lipinski definition) is 2. The highest BCUT2D eigenvalue weighted by atomic mass is 16.2. The summed E-state index contributed by atoms with van der Waals surface area (Å²) >= 11 is 0. The van der Waals surface area contributed by atoms with Crippen LogP contribution in [-0.2, 0) is 11.3 Å². The number of rotatable bonds is 7. The van der Waals surface area contributed by atoms with E-state index in [9.17, 15) is 9.59 Å². The van der Waals surface area contributed by atoms with Crippen LogP contribution in [0.5, 0.6) is 0 Å². The van der Waals surface area contributed by atoms with Gasteiger partial charge in [0.25, 0.3) is 0 Å². The third-order valence-corrected chi connectivity index (χ3v) is 5.73. The maximum absolute atomic E-state index is 13.2. The number of amides is 2. The van der Waals surface area contributed by atoms with E-state index in [4.69, 9.17) is 5.73 Å². The molecule has 1 fully saturated rings. The standard InChI is InChI=1S/C25H27N5O2/c26-24(31)20-9-11-22(12-10-20)29-14-16-30(17-15-29)23(19-6-2-1-3-7-19)25(32)28-18-21-8-4-5-13-27-21/h1-13,23H,14-18H2,(H2,26,31)(H,28,32). The quantitative estimate of drug-likeness (QED) is 0.602. The van der Waals surface area contributed by atoms with Crippen LogP contribution in [0.3, 0.4) is 0 Å². The lowest BCUT2D eigenvalue weighted by atomic mass is 10.0. The van der Waals surface area contributed by atoms with Gasteiger partial charge >= 0.3 is 0 Å². The minimum absolute atomic E-state index is 0.0267. The summed E-state index contributed by atoms with van der Waals surface area (Å²) in [5, 5.41) is 3.05. The average molecular weight is 430 g/mol. The Balaban J connectivity index is 1.44. The van der Waals surface area contributed by atoms with Gasteiger partial charge in [-0.15, -0.1) is 0 Å². The van der Waals surface area contributed by atoms with Crippen molar-refractivity contribution in [3.63, 3.8) is 0 Å². The normalized spacial score (nSPS) is 15.2. The van der Waals surface area contributed by atoms with Gasteiger partial charge in [-0.1, -0.05) is 36.4 Å². The number of piperazine rings is 1. The van der Waals surface area contributed by atoms with Crippen molar-refractivity contribution in [2.75, 3.05) is 31.1 Å². The van der Waals surface area contributed by atoms with Crippen LogP contribution in [0.4, 0.5) is 5.69 Å². The van der Waals surface area contributed by atoms with E-state index >= 15 is 0 Å². The lowest BCUT2D eigenvalue weighted by molar-refractivity contribution is -0.127. The van der Waals surface area contributed by atoms with Crippen LogP contribution in [0.2, 0.25) is 0 Å². The number of primary amides is 1. The summed E-state index contributed by atoms with van der Waals surface area (Å²) in [4.78, 5) is 33.3. The van der Waals surface area contributed by atoms with Crippen molar-refractivity contribution in [2.24, 2.45) is 5.73 Å². The number of nitrogens with zero attached hydrogens (tertiary/aromatic N) is 3. The van der Waals surface area contributed by atoms with Gasteiger partial charge in [-0.3, -0.25) is 19.5 Å². The van der Waals surface area contributed by atoms with Gasteiger partial charge in [0.2, 0.25) is 11.8 Å². The van der Waals surface area contributed by atoms with E-state index in [0.717, 1.165) is 43.1 Å². The minimum Gasteiger partial charge on any atom is -0.369 e. The number of nitrogens with two attached hydrogens (primary N) is 1. The first-order valence-electron chi connectivity index (χ1n) is 10.7. The molecule has 164 valence electrons. The van der Waals surface area contributed by atoms with Crippen LogP contribution in [-0.4, -0.2) is 47.9 Å². The Morgan fingerprint density at radius 2 is 1.59 bits per heavy atom. The smallest absolute Gasteiger partial charge is 0.248 e. The van der Waals surface area contributed by atoms with E-state index < -0.39 is 5.91 Å². The van der Waals surface area contributed by atoms with Crippen molar-refractivity contribution in [1.82, 2.24) is 15.2 Å². The van der Waals surface area contributed by atoms with Gasteiger partial charge in [-0.05, 0) is 42.0 Å². The van der Waals surface area contributed by atoms with Gasteiger partial charge in [-0.2, -0.15) is 0 Å². The van der Waals surface area contributed by atoms with E-state index in [1.54, 1.807) is 18.3 Å². The molecule has 1 unspecified atom stereocenters. The Morgan fingerprint density at radius 3 is 2.22 bits per heavy atom. The lowest BCUT2D eigenvalue weighted by Crippen LogP contribution is -2.51. The first-order chi connectivity index (χ1) is 15.6. The fourth-order valence-electron chi connectivity index (χ4n) is 4.02. The van der Waals surface area contributed by atoms with Crippen LogP contribution in [0.15, 0.2) is 79.0 Å². The molecule has 1 aliphatic rings. The van der Waals surface area contributed by atoms with E-state index in [0.29, 0.717) is 12.1 Å². The van der Waals surface area contributed by atoms with E-state index in [-0.39, 0.29) is 11.9 Å². The molecular formula is C25H27N5O2. The molecule has 0 saturated carbocycles. The number of aromatic nitrogens is 1. The van der Waals surface area contributed by atoms with Crippen molar-refractivity contribution < 1.29 is 9.59 Å². The van der Waals surface area contributed by atoms with E-state index in [1.807, 2.05) is 60.7 Å². The number of hydrogen-bond acceptors (Lipinski definition) is 5. The summed E-state index contributed by atoms with van der Waals surface area (Å²) in [6.45, 7) is 3.46. The molecule has 1 saturated heterocycles. The monoisotopic (exact) mass is 429 g/mol. The van der Waals surface area contributed by atoms with Gasteiger partial charge in [-0.25, -0.2) is 0 Å². The van der Waals surface area contributed by atoms with Crippen molar-refractivity contribution in [3.05, 3.63) is 95.8 Å². The predicted octanol–water partition coefficient (Wildman–Crippen LogP) is 2.36. The van der Waals surface area contributed by atoms with Crippen LogP contribution in [0.25, 0.3) is 0 Å². The first-order valence-corrected chi connectivity index (χ1v) is 10.7. The van der Waals surface area contributed by atoms with Crippen molar-refractivity contribution in [1.29, 1.82) is 0 Å². The minimum atomic E-state index is -0.427. The molecule has 1 atom stereocenters. The highest BCUT2D eigenvalue weighted by Gasteiger charge is 2.30. The largest absolute Gasteiger partial charge is 0.369 e. The zero-order valence-corrected chi connectivity index (χ0v) is 17.9. The molecule has 1 aliphatic heterocycles. The van der Waals surface area contributed by atoms with Crippen molar-refractivity contribution in [3.8, 4) is 0 Å². The number of carbonyl (C=O) groups is 2. The summed E-state index contributed by atoms with van der Waals surface area (Å²) < 4.78 is 0. The summed E-state index contributed by atoms with van der Waals surface area (Å²) in [6, 6.07) is 22.5. The summed E-state index contributed by atoms with van der Waals surface area (Å²) in [5.41, 5.74) is 8.69. The maximum Gasteiger partial charge on any atom is 0.248 e. The van der Waals surface area contributed by atoms with Crippen LogP contribution >= 0.6 is 0 Å². The molecule has 3 N–H and O–H groups in total. The Bertz CT molecular complexity index is 1030. The molecule has 2 aromatic carbocycles. The van der Waals surface area contributed by atoms with Gasteiger partial charge < -0.3 is 16.0 Å². The second-order valence-corrected chi connectivity index (χ2v) is 7.79. The average Bonchev–Trinajstić information content (AvgIpc) is 2.85. The molecule has 0 radical (unpaired) electrons. The molecule has 0 bridgehead atoms. The van der Waals surface area contributed by atoms with E-state index in [1.165, 1.54) is 0 Å². The molecule has 4 rings (SSSR count). The van der Waals surface area contributed by atoms with Gasteiger partial charge in [0.05, 0.1) is 12.2 Å². The third kappa shape index (κ3) is 5.12. The molecule has 0 aliphatic carbocycles. The van der Waals surface area contributed by atoms with Gasteiger partial charge in [0, 0.05) is 43.6 Å². The Kier molecular flexibility index (Phi) is 6.77. The fourth-order valence-corrected chi connectivity index (χ4v) is 4.02. The predicted molar refractivity (Wildman–Crippen MR) is 124 cm³/mol. The van der Waals surface area contributed by atoms with Crippen LogP contribution in [0.1, 0.15) is 27.7 Å². The topological polar surface area (TPSA) is 91.6 Å². The van der Waals surface area contributed by atoms with Gasteiger partial charge in [0.1, 0.15) is 6.04 Å². The zero-order chi connectivity index (χ0) is 22.3. The number of carbonyl (C=O) groups excluding carboxylic acids is 2. The molecule has 3 aromatic rings. The molecule has 7 heteroatoms. The van der Waals surface area contributed by atoms with E-state index in [2.05, 4.69) is 20.1 Å². The Labute approximate surface area is 187 Å². The Morgan fingerprint density at radius 1 is 0.906 bits per heavy atom. The van der Waals surface area contributed by atoms with Crippen LogP contribution < -0.4 is 16.0 Å². The molecule has 2 heterocycles. The highest BCUT2D eigenvalue weighted by Crippen LogP contribution is 2.25. The molecule has 1 aromatic heterocycles. The highest BCUT2D eigenvalue weighted by molar-refractivity contribution is 5.93.